The summed E-state index contributed by atoms with van der Waals surface area (Å²) >= 11 is 0. The fourth-order valence-electron chi connectivity index (χ4n) is 2.40. The van der Waals surface area contributed by atoms with Crippen LogP contribution >= 0.6 is 0 Å². The second-order valence-electron chi connectivity index (χ2n) is 6.18. The van der Waals surface area contributed by atoms with E-state index in [1.165, 1.54) is 0 Å². The fraction of sp³-hybridized carbons (Fsp3) is 0.294. The minimum Gasteiger partial charge on any atom is -0.389 e. The monoisotopic (exact) mass is 296 g/mol. The van der Waals surface area contributed by atoms with Crippen molar-refractivity contribution in [2.45, 2.75) is 26.4 Å². The number of H-pyrrole nitrogens is 1. The van der Waals surface area contributed by atoms with Crippen molar-refractivity contribution in [2.75, 3.05) is 11.9 Å². The van der Waals surface area contributed by atoms with Crippen LogP contribution in [0.3, 0.4) is 0 Å². The fourth-order valence-corrected chi connectivity index (χ4v) is 2.40. The number of rotatable bonds is 4. The SMILES string of the molecule is Cc1cc(NCC(C)(C)O)c2ccc(-c3ccn[nH]3)cc2n1. The van der Waals surface area contributed by atoms with E-state index < -0.39 is 5.60 Å². The maximum Gasteiger partial charge on any atom is 0.0763 e. The number of aryl methyl sites for hydroxylation is 1. The molecule has 0 fully saturated rings. The van der Waals surface area contributed by atoms with Crippen LogP contribution in [-0.4, -0.2) is 32.4 Å². The molecule has 0 unspecified atom stereocenters. The van der Waals surface area contributed by atoms with Gasteiger partial charge in [-0.2, -0.15) is 5.10 Å². The number of benzene rings is 1. The van der Waals surface area contributed by atoms with Gasteiger partial charge in [0.25, 0.3) is 0 Å². The van der Waals surface area contributed by atoms with E-state index in [4.69, 9.17) is 0 Å². The van der Waals surface area contributed by atoms with Crippen molar-refractivity contribution in [3.63, 3.8) is 0 Å². The van der Waals surface area contributed by atoms with Gasteiger partial charge in [0.2, 0.25) is 0 Å². The third kappa shape index (κ3) is 3.09. The number of nitrogens with one attached hydrogen (secondary N) is 2. The van der Waals surface area contributed by atoms with Gasteiger partial charge in [-0.1, -0.05) is 12.1 Å². The molecule has 0 bridgehead atoms. The third-order valence-corrected chi connectivity index (χ3v) is 3.46. The van der Waals surface area contributed by atoms with Crippen LogP contribution in [0.1, 0.15) is 19.5 Å². The lowest BCUT2D eigenvalue weighted by molar-refractivity contribution is 0.0945. The molecule has 0 aliphatic carbocycles. The van der Waals surface area contributed by atoms with Crippen LogP contribution in [0.2, 0.25) is 0 Å². The highest BCUT2D eigenvalue weighted by atomic mass is 16.3. The molecular formula is C17H20N4O. The van der Waals surface area contributed by atoms with E-state index in [-0.39, 0.29) is 0 Å². The summed E-state index contributed by atoms with van der Waals surface area (Å²) in [5.41, 5.74) is 4.10. The second-order valence-corrected chi connectivity index (χ2v) is 6.18. The van der Waals surface area contributed by atoms with Crippen molar-refractivity contribution >= 4 is 16.6 Å². The molecule has 0 aliphatic rings. The van der Waals surface area contributed by atoms with E-state index >= 15 is 0 Å². The number of anilines is 1. The maximum atomic E-state index is 9.90. The Morgan fingerprint density at radius 3 is 2.73 bits per heavy atom. The molecule has 2 heterocycles. The smallest absolute Gasteiger partial charge is 0.0763 e. The Balaban J connectivity index is 2.03. The summed E-state index contributed by atoms with van der Waals surface area (Å²) in [7, 11) is 0. The number of hydrogen-bond acceptors (Lipinski definition) is 4. The number of nitrogens with zero attached hydrogens (tertiary/aromatic N) is 2. The van der Waals surface area contributed by atoms with E-state index in [2.05, 4.69) is 20.5 Å². The first-order valence-corrected chi connectivity index (χ1v) is 7.30. The summed E-state index contributed by atoms with van der Waals surface area (Å²) < 4.78 is 0. The van der Waals surface area contributed by atoms with Crippen molar-refractivity contribution in [3.8, 4) is 11.3 Å². The molecule has 0 saturated heterocycles. The third-order valence-electron chi connectivity index (χ3n) is 3.46. The Morgan fingerprint density at radius 2 is 2.05 bits per heavy atom. The van der Waals surface area contributed by atoms with Crippen LogP contribution in [0.15, 0.2) is 36.5 Å². The molecule has 0 atom stereocenters. The summed E-state index contributed by atoms with van der Waals surface area (Å²) in [4.78, 5) is 4.61. The molecular weight excluding hydrogens is 276 g/mol. The minimum atomic E-state index is -0.765. The zero-order valence-electron chi connectivity index (χ0n) is 13.0. The van der Waals surface area contributed by atoms with Gasteiger partial charge >= 0.3 is 0 Å². The first-order valence-electron chi connectivity index (χ1n) is 7.30. The normalized spacial score (nSPS) is 11.8. The zero-order chi connectivity index (χ0) is 15.7. The van der Waals surface area contributed by atoms with Gasteiger partial charge in [-0.05, 0) is 39.0 Å². The van der Waals surface area contributed by atoms with Gasteiger partial charge in [-0.3, -0.25) is 10.1 Å². The first kappa shape index (κ1) is 14.5. The lowest BCUT2D eigenvalue weighted by Gasteiger charge is -2.19. The van der Waals surface area contributed by atoms with Gasteiger partial charge in [0, 0.05) is 35.1 Å². The summed E-state index contributed by atoms with van der Waals surface area (Å²) in [5, 5.41) is 21.2. The topological polar surface area (TPSA) is 73.8 Å². The number of aromatic amines is 1. The van der Waals surface area contributed by atoms with Crippen molar-refractivity contribution < 1.29 is 5.11 Å². The van der Waals surface area contributed by atoms with Crippen LogP contribution in [0.5, 0.6) is 0 Å². The van der Waals surface area contributed by atoms with E-state index in [9.17, 15) is 5.11 Å². The van der Waals surface area contributed by atoms with Gasteiger partial charge < -0.3 is 10.4 Å². The molecule has 0 aliphatic heterocycles. The Labute approximate surface area is 129 Å². The Bertz CT molecular complexity index is 788. The van der Waals surface area contributed by atoms with Crippen molar-refractivity contribution in [1.29, 1.82) is 0 Å². The molecule has 5 nitrogen and oxygen atoms in total. The maximum absolute atomic E-state index is 9.90. The predicted octanol–water partition coefficient (Wildman–Crippen LogP) is 3.12. The lowest BCUT2D eigenvalue weighted by Crippen LogP contribution is -2.29. The summed E-state index contributed by atoms with van der Waals surface area (Å²) in [6, 6.07) is 10.1. The molecule has 3 rings (SSSR count). The standard InChI is InChI=1S/C17H20N4O/c1-11-8-15(18-10-17(2,3)22)13-5-4-12(9-16(13)20-11)14-6-7-19-21-14/h4-9,22H,10H2,1-3H3,(H,18,20)(H,19,21). The molecule has 2 aromatic heterocycles. The zero-order valence-corrected chi connectivity index (χ0v) is 13.0. The van der Waals surface area contributed by atoms with Crippen LogP contribution in [0, 0.1) is 6.92 Å². The quantitative estimate of drug-likeness (QED) is 0.691. The predicted molar refractivity (Wildman–Crippen MR) is 88.8 cm³/mol. The number of pyridine rings is 1. The molecule has 0 amide bonds. The van der Waals surface area contributed by atoms with Gasteiger partial charge in [0.15, 0.2) is 0 Å². The van der Waals surface area contributed by atoms with Gasteiger partial charge in [0.1, 0.15) is 0 Å². The van der Waals surface area contributed by atoms with E-state index in [1.54, 1.807) is 20.0 Å². The molecule has 1 aromatic carbocycles. The molecule has 3 aromatic rings. The van der Waals surface area contributed by atoms with Crippen LogP contribution in [-0.2, 0) is 0 Å². The Kier molecular flexibility index (Phi) is 3.58. The number of aliphatic hydroxyl groups is 1. The molecule has 0 saturated carbocycles. The van der Waals surface area contributed by atoms with Crippen LogP contribution in [0.25, 0.3) is 22.2 Å². The second kappa shape index (κ2) is 5.42. The Morgan fingerprint density at radius 1 is 1.23 bits per heavy atom. The molecule has 0 spiro atoms. The molecule has 5 heteroatoms. The number of hydrogen-bond donors (Lipinski definition) is 3. The van der Waals surface area contributed by atoms with Crippen molar-refractivity contribution in [1.82, 2.24) is 15.2 Å². The average Bonchev–Trinajstić information content (AvgIpc) is 2.97. The van der Waals surface area contributed by atoms with Gasteiger partial charge in [-0.15, -0.1) is 0 Å². The van der Waals surface area contributed by atoms with Gasteiger partial charge in [0.05, 0.1) is 16.8 Å². The van der Waals surface area contributed by atoms with Crippen LogP contribution < -0.4 is 5.32 Å². The molecule has 3 N–H and O–H groups in total. The highest BCUT2D eigenvalue weighted by Crippen LogP contribution is 2.27. The molecule has 22 heavy (non-hydrogen) atoms. The highest BCUT2D eigenvalue weighted by molar-refractivity contribution is 5.93. The summed E-state index contributed by atoms with van der Waals surface area (Å²) in [6.45, 7) is 6.02. The van der Waals surface area contributed by atoms with Crippen LogP contribution in [0.4, 0.5) is 5.69 Å². The largest absolute Gasteiger partial charge is 0.389 e. The number of fused-ring (bicyclic) bond motifs is 1. The van der Waals surface area contributed by atoms with Gasteiger partial charge in [-0.25, -0.2) is 0 Å². The van der Waals surface area contributed by atoms with E-state index in [0.29, 0.717) is 6.54 Å². The average molecular weight is 296 g/mol. The molecule has 0 radical (unpaired) electrons. The first-order chi connectivity index (χ1) is 10.4. The van der Waals surface area contributed by atoms with Crippen molar-refractivity contribution in [3.05, 3.63) is 42.2 Å². The van der Waals surface area contributed by atoms with Crippen molar-refractivity contribution in [2.24, 2.45) is 0 Å². The molecule has 114 valence electrons. The highest BCUT2D eigenvalue weighted by Gasteiger charge is 2.13. The minimum absolute atomic E-state index is 0.480. The van der Waals surface area contributed by atoms with E-state index in [1.807, 2.05) is 37.3 Å². The summed E-state index contributed by atoms with van der Waals surface area (Å²) in [5.74, 6) is 0. The summed E-state index contributed by atoms with van der Waals surface area (Å²) in [6.07, 6.45) is 1.74. The lowest BCUT2D eigenvalue weighted by atomic mass is 10.1. The Hall–Kier alpha value is -2.40. The number of aromatic nitrogens is 3. The van der Waals surface area contributed by atoms with E-state index in [0.717, 1.165) is 33.5 Å².